The highest BCUT2D eigenvalue weighted by Gasteiger charge is 2.32. The molecule has 35 heavy (non-hydrogen) atoms. The summed E-state index contributed by atoms with van der Waals surface area (Å²) < 4.78 is 0. The number of benzene rings is 1. The highest BCUT2D eigenvalue weighted by atomic mass is 16.4. The van der Waals surface area contributed by atoms with Crippen LogP contribution >= 0.6 is 0 Å². The fourth-order valence-electron chi connectivity index (χ4n) is 3.27. The molecule has 194 valence electrons. The Bertz CT molecular complexity index is 892. The standard InChI is InChI=1S/C23H35N5O7/c1-12(2)9-16(26-20(31)15(24)10-14-7-5-4-6-8-14)21(32)27-17(11-18(25)30)22(33)28-19(13(3)29)23(34)35/h4-8,12-13,15-17,19,29H,9-11,24H2,1-3H3,(H2,25,30)(H,26,31)(H,27,32)(H,28,33)(H,34,35). The van der Waals surface area contributed by atoms with Crippen molar-refractivity contribution in [3.8, 4) is 0 Å². The summed E-state index contributed by atoms with van der Waals surface area (Å²) in [6.07, 6.45) is -1.63. The van der Waals surface area contributed by atoms with Crippen LogP contribution in [0, 0.1) is 5.92 Å². The number of hydrogen-bond donors (Lipinski definition) is 7. The lowest BCUT2D eigenvalue weighted by Gasteiger charge is -2.26. The van der Waals surface area contributed by atoms with E-state index in [0.717, 1.165) is 12.5 Å². The maximum atomic E-state index is 13.0. The lowest BCUT2D eigenvalue weighted by atomic mass is 10.0. The van der Waals surface area contributed by atoms with E-state index in [1.807, 2.05) is 44.2 Å². The first-order valence-electron chi connectivity index (χ1n) is 11.2. The van der Waals surface area contributed by atoms with Crippen LogP contribution < -0.4 is 27.4 Å². The normalized spacial score (nSPS) is 15.3. The Labute approximate surface area is 203 Å². The molecule has 5 atom stereocenters. The molecule has 0 bridgehead atoms. The van der Waals surface area contributed by atoms with Gasteiger partial charge in [-0.15, -0.1) is 0 Å². The van der Waals surface area contributed by atoms with Crippen LogP contribution in [0.15, 0.2) is 30.3 Å². The summed E-state index contributed by atoms with van der Waals surface area (Å²) >= 11 is 0. The lowest BCUT2D eigenvalue weighted by Crippen LogP contribution is -2.59. The smallest absolute Gasteiger partial charge is 0.328 e. The summed E-state index contributed by atoms with van der Waals surface area (Å²) in [5, 5.41) is 25.8. The number of nitrogens with one attached hydrogen (secondary N) is 3. The van der Waals surface area contributed by atoms with Crippen molar-refractivity contribution < 1.29 is 34.2 Å². The minimum atomic E-state index is -1.67. The zero-order valence-electron chi connectivity index (χ0n) is 20.1. The van der Waals surface area contributed by atoms with E-state index in [1.165, 1.54) is 0 Å². The Balaban J connectivity index is 2.97. The summed E-state index contributed by atoms with van der Waals surface area (Å²) in [6.45, 7) is 4.81. The highest BCUT2D eigenvalue weighted by Crippen LogP contribution is 2.08. The Morgan fingerprint density at radius 1 is 0.886 bits per heavy atom. The number of hydrogen-bond acceptors (Lipinski definition) is 7. The zero-order chi connectivity index (χ0) is 26.7. The molecule has 1 rings (SSSR count). The van der Waals surface area contributed by atoms with Crippen LogP contribution in [0.25, 0.3) is 0 Å². The van der Waals surface area contributed by atoms with Crippen molar-refractivity contribution in [2.75, 3.05) is 0 Å². The average molecular weight is 494 g/mol. The first kappa shape index (κ1) is 29.5. The van der Waals surface area contributed by atoms with Crippen molar-refractivity contribution in [2.45, 2.75) is 70.3 Å². The number of aliphatic carboxylic acids is 1. The molecule has 4 amide bonds. The van der Waals surface area contributed by atoms with E-state index in [0.29, 0.717) is 0 Å². The molecule has 0 aliphatic carbocycles. The van der Waals surface area contributed by atoms with Crippen LogP contribution in [0.1, 0.15) is 39.2 Å². The maximum Gasteiger partial charge on any atom is 0.328 e. The third-order valence-electron chi connectivity index (χ3n) is 5.06. The molecule has 0 fully saturated rings. The van der Waals surface area contributed by atoms with E-state index in [2.05, 4.69) is 16.0 Å². The van der Waals surface area contributed by atoms with Gasteiger partial charge in [0.05, 0.1) is 18.6 Å². The Hall–Kier alpha value is -3.51. The van der Waals surface area contributed by atoms with Crippen LogP contribution in [0.5, 0.6) is 0 Å². The van der Waals surface area contributed by atoms with Crippen molar-refractivity contribution in [3.63, 3.8) is 0 Å². The molecule has 9 N–H and O–H groups in total. The number of carboxylic acids is 1. The third kappa shape index (κ3) is 10.5. The van der Waals surface area contributed by atoms with Gasteiger partial charge in [0.2, 0.25) is 23.6 Å². The third-order valence-corrected chi connectivity index (χ3v) is 5.06. The molecule has 0 aromatic heterocycles. The highest BCUT2D eigenvalue weighted by molar-refractivity contribution is 5.96. The molecule has 0 radical (unpaired) electrons. The van der Waals surface area contributed by atoms with E-state index >= 15 is 0 Å². The van der Waals surface area contributed by atoms with Gasteiger partial charge in [0.25, 0.3) is 0 Å². The van der Waals surface area contributed by atoms with Crippen molar-refractivity contribution in [2.24, 2.45) is 17.4 Å². The quantitative estimate of drug-likeness (QED) is 0.160. The van der Waals surface area contributed by atoms with Crippen LogP contribution in [0.4, 0.5) is 0 Å². The number of primary amides is 1. The maximum absolute atomic E-state index is 13.0. The molecular formula is C23H35N5O7. The van der Waals surface area contributed by atoms with E-state index in [9.17, 15) is 29.1 Å². The van der Waals surface area contributed by atoms with Gasteiger partial charge in [0.1, 0.15) is 12.1 Å². The number of carbonyl (C=O) groups excluding carboxylic acids is 4. The van der Waals surface area contributed by atoms with Crippen molar-refractivity contribution in [3.05, 3.63) is 35.9 Å². The second-order valence-electron chi connectivity index (χ2n) is 8.78. The SMILES string of the molecule is CC(C)CC(NC(=O)C(N)Cc1ccccc1)C(=O)NC(CC(N)=O)C(=O)NC(C(=O)O)C(C)O. The van der Waals surface area contributed by atoms with Gasteiger partial charge < -0.3 is 37.6 Å². The first-order valence-corrected chi connectivity index (χ1v) is 11.2. The molecule has 0 aliphatic rings. The molecule has 0 spiro atoms. The van der Waals surface area contributed by atoms with Crippen LogP contribution in [-0.2, 0) is 30.4 Å². The molecule has 5 unspecified atom stereocenters. The summed E-state index contributed by atoms with van der Waals surface area (Å²) in [5.41, 5.74) is 12.0. The van der Waals surface area contributed by atoms with E-state index in [4.69, 9.17) is 16.6 Å². The average Bonchev–Trinajstić information content (AvgIpc) is 2.75. The molecule has 0 heterocycles. The number of aliphatic hydroxyl groups excluding tert-OH is 1. The lowest BCUT2D eigenvalue weighted by molar-refractivity contribution is -0.145. The summed E-state index contributed by atoms with van der Waals surface area (Å²) in [6, 6.07) is 3.87. The van der Waals surface area contributed by atoms with E-state index in [-0.39, 0.29) is 18.8 Å². The number of aliphatic hydroxyl groups is 1. The zero-order valence-corrected chi connectivity index (χ0v) is 20.1. The van der Waals surface area contributed by atoms with Crippen molar-refractivity contribution >= 4 is 29.6 Å². The molecule has 0 saturated carbocycles. The predicted octanol–water partition coefficient (Wildman–Crippen LogP) is -1.60. The minimum absolute atomic E-state index is 0.0357. The van der Waals surface area contributed by atoms with Crippen LogP contribution in [-0.4, -0.2) is 70.1 Å². The topological polar surface area (TPSA) is 214 Å². The number of amides is 4. The van der Waals surface area contributed by atoms with Crippen LogP contribution in [0.3, 0.4) is 0 Å². The largest absolute Gasteiger partial charge is 0.480 e. The van der Waals surface area contributed by atoms with Crippen LogP contribution in [0.2, 0.25) is 0 Å². The second-order valence-corrected chi connectivity index (χ2v) is 8.78. The van der Waals surface area contributed by atoms with Gasteiger partial charge in [0, 0.05) is 0 Å². The summed E-state index contributed by atoms with van der Waals surface area (Å²) in [4.78, 5) is 61.0. The Morgan fingerprint density at radius 3 is 1.91 bits per heavy atom. The first-order chi connectivity index (χ1) is 16.3. The van der Waals surface area contributed by atoms with Crippen molar-refractivity contribution in [1.29, 1.82) is 0 Å². The van der Waals surface area contributed by atoms with Gasteiger partial charge in [-0.05, 0) is 31.2 Å². The number of carboxylic acid groups (broad SMARTS) is 1. The Morgan fingerprint density at radius 2 is 1.43 bits per heavy atom. The number of nitrogens with two attached hydrogens (primary N) is 2. The molecule has 0 aliphatic heterocycles. The molecular weight excluding hydrogens is 458 g/mol. The molecule has 12 nitrogen and oxygen atoms in total. The second kappa shape index (κ2) is 14.0. The number of carbonyl (C=O) groups is 5. The van der Waals surface area contributed by atoms with Gasteiger partial charge in [-0.3, -0.25) is 19.2 Å². The Kier molecular flexibility index (Phi) is 11.8. The molecule has 1 aromatic rings. The summed E-state index contributed by atoms with van der Waals surface area (Å²) in [5.74, 6) is -4.85. The van der Waals surface area contributed by atoms with E-state index < -0.39 is 66.3 Å². The van der Waals surface area contributed by atoms with Crippen molar-refractivity contribution in [1.82, 2.24) is 16.0 Å². The predicted molar refractivity (Wildman–Crippen MR) is 126 cm³/mol. The van der Waals surface area contributed by atoms with Gasteiger partial charge in [-0.2, -0.15) is 0 Å². The molecule has 0 saturated heterocycles. The van der Waals surface area contributed by atoms with Gasteiger partial charge in [-0.1, -0.05) is 44.2 Å². The summed E-state index contributed by atoms with van der Waals surface area (Å²) in [7, 11) is 0. The number of rotatable bonds is 14. The molecule has 12 heteroatoms. The monoisotopic (exact) mass is 493 g/mol. The van der Waals surface area contributed by atoms with Gasteiger partial charge >= 0.3 is 5.97 Å². The fraction of sp³-hybridized carbons (Fsp3) is 0.522. The minimum Gasteiger partial charge on any atom is -0.480 e. The van der Waals surface area contributed by atoms with Gasteiger partial charge in [0.15, 0.2) is 6.04 Å². The van der Waals surface area contributed by atoms with Gasteiger partial charge in [-0.25, -0.2) is 4.79 Å². The van der Waals surface area contributed by atoms with E-state index in [1.54, 1.807) is 0 Å². The fourth-order valence-corrected chi connectivity index (χ4v) is 3.27. The molecule has 1 aromatic carbocycles.